The number of nitrogens with one attached hydrogen (secondary N) is 1. The molecule has 0 aliphatic carbocycles. The Morgan fingerprint density at radius 1 is 0.926 bits per heavy atom. The molecule has 0 heterocycles. The second-order valence-electron chi connectivity index (χ2n) is 6.48. The zero-order valence-corrected chi connectivity index (χ0v) is 17.2. The van der Waals surface area contributed by atoms with Crippen molar-refractivity contribution < 1.29 is 4.79 Å². The molecule has 27 heavy (non-hydrogen) atoms. The molecule has 0 aromatic heterocycles. The standard InChI is InChI=1S/C23H21BrClNO/c24-19-9-13-21(14-10-19)26-23(18-7-11-20(25)12-8-18)16-22(27)15-6-17-4-2-1-3-5-17/h1-5,7-14,23,26H,6,15-16H2. The number of rotatable bonds is 8. The first kappa shape index (κ1) is 19.7. The number of carbonyl (C=O) groups is 1. The van der Waals surface area contributed by atoms with Gasteiger partial charge in [-0.3, -0.25) is 4.79 Å². The van der Waals surface area contributed by atoms with Crippen molar-refractivity contribution in [1.29, 1.82) is 0 Å². The highest BCUT2D eigenvalue weighted by atomic mass is 79.9. The molecule has 3 rings (SSSR count). The minimum absolute atomic E-state index is 0.0910. The van der Waals surface area contributed by atoms with Gasteiger partial charge in [0.05, 0.1) is 6.04 Å². The Bertz CT molecular complexity index is 863. The van der Waals surface area contributed by atoms with Crippen LogP contribution >= 0.6 is 27.5 Å². The van der Waals surface area contributed by atoms with Gasteiger partial charge >= 0.3 is 0 Å². The second-order valence-corrected chi connectivity index (χ2v) is 7.84. The molecule has 0 saturated carbocycles. The molecule has 1 N–H and O–H groups in total. The molecule has 1 atom stereocenters. The Hall–Kier alpha value is -2.10. The number of Topliss-reactive ketones (excluding diaryl/α,β-unsaturated/α-hetero) is 1. The first-order chi connectivity index (χ1) is 13.1. The van der Waals surface area contributed by atoms with Crippen molar-refractivity contribution in [3.63, 3.8) is 0 Å². The Morgan fingerprint density at radius 2 is 1.59 bits per heavy atom. The summed E-state index contributed by atoms with van der Waals surface area (Å²) in [6.45, 7) is 0. The fraction of sp³-hybridized carbons (Fsp3) is 0.174. The van der Waals surface area contributed by atoms with E-state index in [-0.39, 0.29) is 11.8 Å². The van der Waals surface area contributed by atoms with Crippen LogP contribution in [0.2, 0.25) is 5.02 Å². The van der Waals surface area contributed by atoms with Gasteiger partial charge in [-0.05, 0) is 53.9 Å². The van der Waals surface area contributed by atoms with Crippen LogP contribution in [-0.2, 0) is 11.2 Å². The third-order valence-corrected chi connectivity index (χ3v) is 5.21. The van der Waals surface area contributed by atoms with E-state index in [0.717, 1.165) is 22.1 Å². The fourth-order valence-electron chi connectivity index (χ4n) is 2.95. The van der Waals surface area contributed by atoms with Gasteiger partial charge in [-0.2, -0.15) is 0 Å². The number of anilines is 1. The molecule has 0 radical (unpaired) electrons. The summed E-state index contributed by atoms with van der Waals surface area (Å²) in [4.78, 5) is 12.6. The van der Waals surface area contributed by atoms with Crippen LogP contribution in [0.25, 0.3) is 0 Å². The summed E-state index contributed by atoms with van der Waals surface area (Å²) in [6, 6.07) is 25.7. The quantitative estimate of drug-likeness (QED) is 0.413. The van der Waals surface area contributed by atoms with E-state index in [9.17, 15) is 4.79 Å². The summed E-state index contributed by atoms with van der Waals surface area (Å²) in [5.74, 6) is 0.239. The second kappa shape index (κ2) is 9.72. The number of halogens is 2. The summed E-state index contributed by atoms with van der Waals surface area (Å²) in [5, 5.41) is 4.18. The predicted octanol–water partition coefficient (Wildman–Crippen LogP) is 6.85. The molecule has 0 amide bonds. The average Bonchev–Trinajstić information content (AvgIpc) is 2.69. The summed E-state index contributed by atoms with van der Waals surface area (Å²) in [6.07, 6.45) is 1.74. The van der Waals surface area contributed by atoms with Gasteiger partial charge < -0.3 is 5.32 Å². The lowest BCUT2D eigenvalue weighted by Gasteiger charge is -2.20. The lowest BCUT2D eigenvalue weighted by atomic mass is 9.97. The van der Waals surface area contributed by atoms with Gasteiger partial charge in [0.15, 0.2) is 0 Å². The van der Waals surface area contributed by atoms with Gasteiger partial charge in [0.25, 0.3) is 0 Å². The van der Waals surface area contributed by atoms with Crippen molar-refractivity contribution in [2.45, 2.75) is 25.3 Å². The van der Waals surface area contributed by atoms with E-state index in [1.165, 1.54) is 5.56 Å². The van der Waals surface area contributed by atoms with Crippen LogP contribution in [0.4, 0.5) is 5.69 Å². The Kier molecular flexibility index (Phi) is 7.08. The van der Waals surface area contributed by atoms with Crippen LogP contribution < -0.4 is 5.32 Å². The zero-order chi connectivity index (χ0) is 19.1. The maximum atomic E-state index is 12.6. The predicted molar refractivity (Wildman–Crippen MR) is 116 cm³/mol. The Labute approximate surface area is 173 Å². The van der Waals surface area contributed by atoms with E-state index in [4.69, 9.17) is 11.6 Å². The third-order valence-electron chi connectivity index (χ3n) is 4.42. The number of aryl methyl sites for hydroxylation is 1. The third kappa shape index (κ3) is 6.23. The highest BCUT2D eigenvalue weighted by Gasteiger charge is 2.16. The zero-order valence-electron chi connectivity index (χ0n) is 14.9. The van der Waals surface area contributed by atoms with E-state index < -0.39 is 0 Å². The van der Waals surface area contributed by atoms with E-state index in [1.54, 1.807) is 0 Å². The summed E-state index contributed by atoms with van der Waals surface area (Å²) < 4.78 is 1.02. The van der Waals surface area contributed by atoms with Gasteiger partial charge in [0, 0.05) is 28.0 Å². The van der Waals surface area contributed by atoms with Crippen molar-refractivity contribution in [3.8, 4) is 0 Å². The topological polar surface area (TPSA) is 29.1 Å². The Balaban J connectivity index is 1.69. The molecule has 0 saturated heterocycles. The molecule has 0 fully saturated rings. The molecule has 3 aromatic rings. The van der Waals surface area contributed by atoms with E-state index in [1.807, 2.05) is 66.7 Å². The van der Waals surface area contributed by atoms with Gasteiger partial charge in [-0.1, -0.05) is 70.0 Å². The molecular weight excluding hydrogens is 422 g/mol. The lowest BCUT2D eigenvalue weighted by Crippen LogP contribution is -2.16. The molecule has 0 aliphatic rings. The minimum Gasteiger partial charge on any atom is -0.378 e. The van der Waals surface area contributed by atoms with Crippen LogP contribution in [0, 0.1) is 0 Å². The molecular formula is C23H21BrClNO. The fourth-order valence-corrected chi connectivity index (χ4v) is 3.34. The van der Waals surface area contributed by atoms with Crippen molar-refractivity contribution in [1.82, 2.24) is 0 Å². The number of benzene rings is 3. The first-order valence-electron chi connectivity index (χ1n) is 8.93. The SMILES string of the molecule is O=C(CCc1ccccc1)CC(Nc1ccc(Br)cc1)c1ccc(Cl)cc1. The number of hydrogen-bond acceptors (Lipinski definition) is 2. The molecule has 1 unspecified atom stereocenters. The van der Waals surface area contributed by atoms with Crippen molar-refractivity contribution in [2.75, 3.05) is 5.32 Å². The van der Waals surface area contributed by atoms with E-state index in [2.05, 4.69) is 33.4 Å². The smallest absolute Gasteiger partial charge is 0.135 e. The van der Waals surface area contributed by atoms with Crippen molar-refractivity contribution in [2.24, 2.45) is 0 Å². The number of ketones is 1. The lowest BCUT2D eigenvalue weighted by molar-refractivity contribution is -0.119. The summed E-state index contributed by atoms with van der Waals surface area (Å²) in [5.41, 5.74) is 3.22. The number of hydrogen-bond donors (Lipinski definition) is 1. The normalized spacial score (nSPS) is 11.8. The van der Waals surface area contributed by atoms with Gasteiger partial charge in [-0.15, -0.1) is 0 Å². The van der Waals surface area contributed by atoms with Crippen LogP contribution in [-0.4, -0.2) is 5.78 Å². The van der Waals surface area contributed by atoms with E-state index >= 15 is 0 Å². The minimum atomic E-state index is -0.0910. The number of carbonyl (C=O) groups excluding carboxylic acids is 1. The van der Waals surface area contributed by atoms with Gasteiger partial charge in [0.1, 0.15) is 5.78 Å². The van der Waals surface area contributed by atoms with E-state index in [0.29, 0.717) is 17.9 Å². The van der Waals surface area contributed by atoms with Crippen LogP contribution in [0.15, 0.2) is 83.3 Å². The molecule has 3 aromatic carbocycles. The Morgan fingerprint density at radius 3 is 2.26 bits per heavy atom. The average molecular weight is 443 g/mol. The molecule has 4 heteroatoms. The van der Waals surface area contributed by atoms with Gasteiger partial charge in [0.2, 0.25) is 0 Å². The van der Waals surface area contributed by atoms with Crippen LogP contribution in [0.3, 0.4) is 0 Å². The largest absolute Gasteiger partial charge is 0.378 e. The van der Waals surface area contributed by atoms with Crippen LogP contribution in [0.5, 0.6) is 0 Å². The molecule has 0 spiro atoms. The molecule has 138 valence electrons. The highest BCUT2D eigenvalue weighted by Crippen LogP contribution is 2.26. The van der Waals surface area contributed by atoms with Crippen molar-refractivity contribution >= 4 is 39.0 Å². The monoisotopic (exact) mass is 441 g/mol. The highest BCUT2D eigenvalue weighted by molar-refractivity contribution is 9.10. The maximum Gasteiger partial charge on any atom is 0.135 e. The van der Waals surface area contributed by atoms with Crippen molar-refractivity contribution in [3.05, 3.63) is 99.5 Å². The molecule has 0 aliphatic heterocycles. The maximum absolute atomic E-state index is 12.6. The molecule has 2 nitrogen and oxygen atoms in total. The molecule has 0 bridgehead atoms. The van der Waals surface area contributed by atoms with Gasteiger partial charge in [-0.25, -0.2) is 0 Å². The van der Waals surface area contributed by atoms with Crippen LogP contribution in [0.1, 0.15) is 30.0 Å². The summed E-state index contributed by atoms with van der Waals surface area (Å²) >= 11 is 9.48. The summed E-state index contributed by atoms with van der Waals surface area (Å²) in [7, 11) is 0. The first-order valence-corrected chi connectivity index (χ1v) is 10.1.